The van der Waals surface area contributed by atoms with Crippen molar-refractivity contribution < 1.29 is 50.9 Å². The molecule has 1 saturated carbocycles. The normalized spacial score (nSPS) is 21.5. The van der Waals surface area contributed by atoms with E-state index in [2.05, 4.69) is 0 Å². The molecule has 2 aliphatic heterocycles. The highest BCUT2D eigenvalue weighted by Gasteiger charge is 2.48. The third-order valence-corrected chi connectivity index (χ3v) is 7.75. The molecule has 0 bridgehead atoms. The minimum absolute atomic E-state index is 0. The number of anilines is 2. The number of phenolic OH excluding ortho intramolecular Hbond substituents is 1. The van der Waals surface area contributed by atoms with Crippen LogP contribution in [0.5, 0.6) is 5.75 Å². The van der Waals surface area contributed by atoms with Gasteiger partial charge in [0.2, 0.25) is 5.92 Å². The molecule has 1 saturated heterocycles. The average Bonchev–Trinajstić information content (AvgIpc) is 3.20. The fourth-order valence-corrected chi connectivity index (χ4v) is 6.07. The van der Waals surface area contributed by atoms with Crippen LogP contribution in [0.4, 0.5) is 34.1 Å². The Morgan fingerprint density at radius 3 is 2.36 bits per heavy atom. The van der Waals surface area contributed by atoms with Crippen LogP contribution in [0.3, 0.4) is 0 Å². The molecule has 6 N–H and O–H groups in total. The van der Waals surface area contributed by atoms with Crippen LogP contribution < -0.4 is 20.1 Å². The average molecular weight is 582 g/mol. The molecule has 0 radical (unpaired) electrons. The molecule has 218 valence electrons. The van der Waals surface area contributed by atoms with Gasteiger partial charge in [-0.15, -0.1) is 0 Å². The summed E-state index contributed by atoms with van der Waals surface area (Å²) < 4.78 is 74.3. The molecule has 0 spiro atoms. The molecule has 17 heteroatoms. The second kappa shape index (κ2) is 9.93. The number of hydrogen-bond acceptors (Lipinski definition) is 8. The summed E-state index contributed by atoms with van der Waals surface area (Å²) in [5.74, 6) is -6.55. The van der Waals surface area contributed by atoms with Crippen LogP contribution in [0, 0.1) is 11.7 Å². The molecule has 1 aromatic rings. The van der Waals surface area contributed by atoms with Gasteiger partial charge in [0.05, 0.1) is 11.7 Å². The van der Waals surface area contributed by atoms with Crippen molar-refractivity contribution in [2.24, 2.45) is 5.92 Å². The van der Waals surface area contributed by atoms with Gasteiger partial charge in [0.15, 0.2) is 5.82 Å². The number of aromatic hydroxyl groups is 1. The topological polar surface area (TPSA) is 192 Å². The Labute approximate surface area is 222 Å². The van der Waals surface area contributed by atoms with E-state index in [-0.39, 0.29) is 36.9 Å². The quantitative estimate of drug-likeness (QED) is 0.405. The van der Waals surface area contributed by atoms with Crippen molar-refractivity contribution in [3.63, 3.8) is 0 Å². The van der Waals surface area contributed by atoms with Crippen LogP contribution >= 0.6 is 0 Å². The number of hydrogen-bond donors (Lipinski definition) is 4. The van der Waals surface area contributed by atoms with E-state index in [0.29, 0.717) is 4.31 Å². The van der Waals surface area contributed by atoms with Gasteiger partial charge in [-0.2, -0.15) is 8.42 Å². The molecule has 4 rings (SSSR count). The number of nitrogens with zero attached hydrogens (tertiary/aromatic N) is 3. The SMILES string of the molecule is CC(C)(C)OC(=O)N(CC1CC(F)(F)C1)C[C@H]1Cc2c(cc(O)c(N3CC(=O)NS3(=O)=O)c2F)N1C(=O)O.N. The number of carbonyl (C=O) groups excluding carboxylic acids is 2. The van der Waals surface area contributed by atoms with E-state index in [1.54, 1.807) is 25.5 Å². The summed E-state index contributed by atoms with van der Waals surface area (Å²) in [5, 5.41) is 20.3. The van der Waals surface area contributed by atoms with Gasteiger partial charge in [-0.25, -0.2) is 31.8 Å². The summed E-state index contributed by atoms with van der Waals surface area (Å²) in [4.78, 5) is 38.5. The first kappa shape index (κ1) is 30.1. The molecule has 2 heterocycles. The molecule has 1 aliphatic carbocycles. The number of ether oxygens (including phenoxy) is 1. The molecular formula is C22H30F3N5O8S. The predicted octanol–water partition coefficient (Wildman–Crippen LogP) is 2.57. The molecule has 3 amide bonds. The van der Waals surface area contributed by atoms with E-state index in [1.807, 2.05) is 0 Å². The summed E-state index contributed by atoms with van der Waals surface area (Å²) in [6.07, 6.45) is -3.67. The Balaban J connectivity index is 0.00000420. The van der Waals surface area contributed by atoms with Crippen LogP contribution in [0.25, 0.3) is 0 Å². The lowest BCUT2D eigenvalue weighted by atomic mass is 9.81. The molecule has 2 fully saturated rings. The maximum absolute atomic E-state index is 15.6. The van der Waals surface area contributed by atoms with Crippen molar-refractivity contribution in [1.82, 2.24) is 15.8 Å². The van der Waals surface area contributed by atoms with E-state index in [9.17, 15) is 41.8 Å². The number of nitrogens with one attached hydrogen (secondary N) is 1. The Morgan fingerprint density at radius 1 is 1.26 bits per heavy atom. The monoisotopic (exact) mass is 581 g/mol. The van der Waals surface area contributed by atoms with Crippen LogP contribution in [0.15, 0.2) is 6.07 Å². The van der Waals surface area contributed by atoms with E-state index in [4.69, 9.17) is 4.74 Å². The van der Waals surface area contributed by atoms with Gasteiger partial charge in [-0.05, 0) is 26.7 Å². The number of alkyl halides is 2. The van der Waals surface area contributed by atoms with Crippen molar-refractivity contribution in [2.75, 3.05) is 28.8 Å². The number of phenols is 1. The molecular weight excluding hydrogens is 551 g/mol. The second-order valence-electron chi connectivity index (χ2n) is 10.6. The van der Waals surface area contributed by atoms with E-state index in [1.165, 1.54) is 0 Å². The van der Waals surface area contributed by atoms with Gasteiger partial charge in [0, 0.05) is 44.0 Å². The first-order chi connectivity index (χ1) is 17.4. The first-order valence-electron chi connectivity index (χ1n) is 11.6. The van der Waals surface area contributed by atoms with Gasteiger partial charge in [-0.1, -0.05) is 0 Å². The lowest BCUT2D eigenvalue weighted by Gasteiger charge is -2.39. The summed E-state index contributed by atoms with van der Waals surface area (Å²) in [7, 11) is -4.49. The standard InChI is InChI=1S/C22H27F3N4O8S.H3N/c1-21(2,3)37-20(34)27(8-11-6-22(24,25)7-11)9-12-4-13-14(29(12)19(32)33)5-15(30)18(17(13)23)28-10-16(31)26-38(28,35)36;/h5,11-12,30H,4,6-10H2,1-3H3,(H,26,31)(H,32,33);1H3/t12-;/m1./s1. The Bertz CT molecular complexity index is 1300. The highest BCUT2D eigenvalue weighted by Crippen LogP contribution is 2.46. The number of carboxylic acid groups (broad SMARTS) is 1. The number of benzene rings is 1. The minimum atomic E-state index is -4.49. The number of amides is 3. The van der Waals surface area contributed by atoms with E-state index < -0.39 is 88.4 Å². The predicted molar refractivity (Wildman–Crippen MR) is 131 cm³/mol. The van der Waals surface area contributed by atoms with E-state index in [0.717, 1.165) is 15.9 Å². The molecule has 39 heavy (non-hydrogen) atoms. The second-order valence-corrected chi connectivity index (χ2v) is 12.2. The number of halogens is 3. The Kier molecular flexibility index (Phi) is 7.66. The first-order valence-corrected chi connectivity index (χ1v) is 13.1. The van der Waals surface area contributed by atoms with Crippen LogP contribution in [0.2, 0.25) is 0 Å². The summed E-state index contributed by atoms with van der Waals surface area (Å²) >= 11 is 0. The lowest BCUT2D eigenvalue weighted by Crippen LogP contribution is -2.51. The lowest BCUT2D eigenvalue weighted by molar-refractivity contribution is -0.117. The third-order valence-electron chi connectivity index (χ3n) is 6.37. The van der Waals surface area contributed by atoms with Crippen LogP contribution in [-0.4, -0.2) is 78.8 Å². The summed E-state index contributed by atoms with van der Waals surface area (Å²) in [6.45, 7) is 3.50. The molecule has 0 unspecified atom stereocenters. The van der Waals surface area contributed by atoms with Crippen molar-refractivity contribution in [3.8, 4) is 5.75 Å². The summed E-state index contributed by atoms with van der Waals surface area (Å²) in [5.41, 5.74) is -2.31. The van der Waals surface area contributed by atoms with Gasteiger partial charge in [0.1, 0.15) is 23.6 Å². The van der Waals surface area contributed by atoms with Crippen molar-refractivity contribution in [1.29, 1.82) is 0 Å². The zero-order valence-corrected chi connectivity index (χ0v) is 22.2. The zero-order valence-electron chi connectivity index (χ0n) is 21.4. The van der Waals surface area contributed by atoms with Crippen molar-refractivity contribution in [2.45, 2.75) is 57.6 Å². The number of carbonyl (C=O) groups is 3. The molecule has 1 atom stereocenters. The number of rotatable bonds is 5. The highest BCUT2D eigenvalue weighted by atomic mass is 32.2. The molecule has 13 nitrogen and oxygen atoms in total. The maximum Gasteiger partial charge on any atom is 0.412 e. The van der Waals surface area contributed by atoms with E-state index >= 15 is 4.39 Å². The Hall–Kier alpha value is -3.47. The number of fused-ring (bicyclic) bond motifs is 1. The van der Waals surface area contributed by atoms with Crippen molar-refractivity contribution >= 4 is 39.7 Å². The minimum Gasteiger partial charge on any atom is -0.506 e. The third kappa shape index (κ3) is 5.93. The smallest absolute Gasteiger partial charge is 0.412 e. The highest BCUT2D eigenvalue weighted by molar-refractivity contribution is 7.92. The van der Waals surface area contributed by atoms with Crippen LogP contribution in [-0.2, 0) is 26.2 Å². The molecule has 3 aliphatic rings. The van der Waals surface area contributed by atoms with Gasteiger partial charge in [0.25, 0.3) is 5.91 Å². The fraction of sp³-hybridized carbons (Fsp3) is 0.591. The molecule has 0 aromatic heterocycles. The van der Waals surface area contributed by atoms with Gasteiger partial charge in [-0.3, -0.25) is 9.69 Å². The maximum atomic E-state index is 15.6. The van der Waals surface area contributed by atoms with Gasteiger partial charge >= 0.3 is 22.4 Å². The zero-order chi connectivity index (χ0) is 28.4. The Morgan fingerprint density at radius 2 is 1.87 bits per heavy atom. The van der Waals surface area contributed by atoms with Gasteiger partial charge < -0.3 is 26.0 Å². The largest absolute Gasteiger partial charge is 0.506 e. The van der Waals surface area contributed by atoms with Crippen LogP contribution in [0.1, 0.15) is 39.2 Å². The summed E-state index contributed by atoms with van der Waals surface area (Å²) in [6, 6.07) is -0.250. The molecule has 1 aromatic carbocycles. The fourth-order valence-electron chi connectivity index (χ4n) is 4.90. The van der Waals surface area contributed by atoms with Crippen molar-refractivity contribution in [3.05, 3.63) is 17.4 Å².